The molecule has 0 bridgehead atoms. The van der Waals surface area contributed by atoms with Gasteiger partial charge in [0.2, 0.25) is 5.91 Å². The molecule has 5 nitrogen and oxygen atoms in total. The topological polar surface area (TPSA) is 60.5 Å². The SMILES string of the molecule is COc1ccc(/C=C/C(=O)NCc2sc(-c3ccccc3)nc2C)cc1OC. The van der Waals surface area contributed by atoms with E-state index in [9.17, 15) is 4.79 Å². The summed E-state index contributed by atoms with van der Waals surface area (Å²) < 4.78 is 10.5. The molecule has 1 aromatic heterocycles. The summed E-state index contributed by atoms with van der Waals surface area (Å²) in [5, 5.41) is 3.88. The number of benzene rings is 2. The Bertz CT molecular complexity index is 981. The number of amides is 1. The molecule has 0 fully saturated rings. The van der Waals surface area contributed by atoms with E-state index in [2.05, 4.69) is 10.3 Å². The molecule has 0 unspecified atom stereocenters. The minimum Gasteiger partial charge on any atom is -0.493 e. The van der Waals surface area contributed by atoms with Crippen molar-refractivity contribution in [3.8, 4) is 22.1 Å². The third-order valence-corrected chi connectivity index (χ3v) is 5.38. The van der Waals surface area contributed by atoms with Crippen LogP contribution in [0.4, 0.5) is 0 Å². The van der Waals surface area contributed by atoms with Gasteiger partial charge in [-0.3, -0.25) is 4.79 Å². The molecule has 1 amide bonds. The molecule has 6 heteroatoms. The van der Waals surface area contributed by atoms with Crippen molar-refractivity contribution in [1.82, 2.24) is 10.3 Å². The molecule has 0 radical (unpaired) electrons. The van der Waals surface area contributed by atoms with E-state index in [0.29, 0.717) is 18.0 Å². The molecule has 28 heavy (non-hydrogen) atoms. The van der Waals surface area contributed by atoms with Crippen molar-refractivity contribution in [1.29, 1.82) is 0 Å². The number of aryl methyl sites for hydroxylation is 1. The lowest BCUT2D eigenvalue weighted by molar-refractivity contribution is -0.116. The number of carbonyl (C=O) groups is 1. The third kappa shape index (κ3) is 4.78. The monoisotopic (exact) mass is 394 g/mol. The zero-order valence-corrected chi connectivity index (χ0v) is 16.9. The Morgan fingerprint density at radius 3 is 2.57 bits per heavy atom. The summed E-state index contributed by atoms with van der Waals surface area (Å²) in [5.74, 6) is 1.11. The molecular formula is C22H22N2O3S. The molecule has 0 spiro atoms. The Labute approximate surface area is 168 Å². The van der Waals surface area contributed by atoms with Gasteiger partial charge in [-0.2, -0.15) is 0 Å². The second kappa shape index (κ2) is 9.19. The Hall–Kier alpha value is -3.12. The second-order valence-corrected chi connectivity index (χ2v) is 7.14. The van der Waals surface area contributed by atoms with Gasteiger partial charge in [0.1, 0.15) is 5.01 Å². The fourth-order valence-electron chi connectivity index (χ4n) is 2.65. The molecule has 1 N–H and O–H groups in total. The Balaban J connectivity index is 1.62. The first-order valence-electron chi connectivity index (χ1n) is 8.80. The molecule has 2 aromatic carbocycles. The zero-order valence-electron chi connectivity index (χ0n) is 16.1. The lowest BCUT2D eigenvalue weighted by Gasteiger charge is -2.07. The van der Waals surface area contributed by atoms with Crippen molar-refractivity contribution in [3.05, 3.63) is 70.7 Å². The van der Waals surface area contributed by atoms with Gasteiger partial charge in [-0.1, -0.05) is 36.4 Å². The highest BCUT2D eigenvalue weighted by molar-refractivity contribution is 7.15. The van der Waals surface area contributed by atoms with Crippen LogP contribution in [0.5, 0.6) is 11.5 Å². The second-order valence-electron chi connectivity index (χ2n) is 6.06. The number of carbonyl (C=O) groups excluding carboxylic acids is 1. The van der Waals surface area contributed by atoms with Gasteiger partial charge in [-0.15, -0.1) is 11.3 Å². The van der Waals surface area contributed by atoms with Crippen molar-refractivity contribution in [2.75, 3.05) is 14.2 Å². The number of thiazole rings is 1. The number of nitrogens with zero attached hydrogens (tertiary/aromatic N) is 1. The summed E-state index contributed by atoms with van der Waals surface area (Å²) in [4.78, 5) is 17.8. The molecule has 0 aliphatic rings. The van der Waals surface area contributed by atoms with Gasteiger partial charge in [0, 0.05) is 16.5 Å². The predicted molar refractivity (Wildman–Crippen MR) is 113 cm³/mol. The molecule has 0 atom stereocenters. The van der Waals surface area contributed by atoms with Gasteiger partial charge in [0.05, 0.1) is 26.5 Å². The van der Waals surface area contributed by atoms with Crippen LogP contribution in [0.3, 0.4) is 0 Å². The number of methoxy groups -OCH3 is 2. The predicted octanol–water partition coefficient (Wildman–Crippen LogP) is 4.47. The van der Waals surface area contributed by atoms with Gasteiger partial charge >= 0.3 is 0 Å². The average Bonchev–Trinajstić information content (AvgIpc) is 3.11. The van der Waals surface area contributed by atoms with Crippen LogP contribution in [-0.2, 0) is 11.3 Å². The number of ether oxygens (including phenoxy) is 2. The number of rotatable bonds is 7. The van der Waals surface area contributed by atoms with Crippen LogP contribution in [0.25, 0.3) is 16.6 Å². The maximum Gasteiger partial charge on any atom is 0.244 e. The van der Waals surface area contributed by atoms with E-state index < -0.39 is 0 Å². The van der Waals surface area contributed by atoms with Crippen LogP contribution in [0.1, 0.15) is 16.1 Å². The van der Waals surface area contributed by atoms with Gasteiger partial charge in [0.15, 0.2) is 11.5 Å². The molecule has 0 aliphatic carbocycles. The van der Waals surface area contributed by atoms with Crippen LogP contribution in [0.2, 0.25) is 0 Å². The van der Waals surface area contributed by atoms with E-state index in [1.807, 2.05) is 55.5 Å². The van der Waals surface area contributed by atoms with E-state index in [4.69, 9.17) is 9.47 Å². The number of nitrogens with one attached hydrogen (secondary N) is 1. The standard InChI is InChI=1S/C22H22N2O3S/c1-15-20(28-22(24-15)17-7-5-4-6-8-17)14-23-21(25)12-10-16-9-11-18(26-2)19(13-16)27-3/h4-13H,14H2,1-3H3,(H,23,25)/b12-10+. The van der Waals surface area contributed by atoms with Crippen LogP contribution < -0.4 is 14.8 Å². The van der Waals surface area contributed by atoms with Crippen LogP contribution >= 0.6 is 11.3 Å². The molecule has 0 aliphatic heterocycles. The Kier molecular flexibility index (Phi) is 6.45. The molecule has 0 saturated heterocycles. The fourth-order valence-corrected chi connectivity index (χ4v) is 3.66. The Morgan fingerprint density at radius 2 is 1.86 bits per heavy atom. The fraction of sp³-hybridized carbons (Fsp3) is 0.182. The van der Waals surface area contributed by atoms with Crippen LogP contribution in [-0.4, -0.2) is 25.1 Å². The van der Waals surface area contributed by atoms with E-state index in [0.717, 1.165) is 26.7 Å². The molecule has 1 heterocycles. The van der Waals surface area contributed by atoms with Gasteiger partial charge in [0.25, 0.3) is 0 Å². The van der Waals surface area contributed by atoms with Gasteiger partial charge < -0.3 is 14.8 Å². The molecule has 0 saturated carbocycles. The highest BCUT2D eigenvalue weighted by Crippen LogP contribution is 2.28. The van der Waals surface area contributed by atoms with Gasteiger partial charge in [-0.25, -0.2) is 4.98 Å². The quantitative estimate of drug-likeness (QED) is 0.601. The van der Waals surface area contributed by atoms with Crippen LogP contribution in [0, 0.1) is 6.92 Å². The van der Waals surface area contributed by atoms with Gasteiger partial charge in [-0.05, 0) is 30.7 Å². The number of hydrogen-bond acceptors (Lipinski definition) is 5. The summed E-state index contributed by atoms with van der Waals surface area (Å²) in [7, 11) is 3.17. The van der Waals surface area contributed by atoms with Crippen molar-refractivity contribution in [2.45, 2.75) is 13.5 Å². The van der Waals surface area contributed by atoms with Crippen LogP contribution in [0.15, 0.2) is 54.6 Å². The minimum absolute atomic E-state index is 0.163. The maximum absolute atomic E-state index is 12.2. The first-order valence-corrected chi connectivity index (χ1v) is 9.62. The first kappa shape index (κ1) is 19.6. The summed E-state index contributed by atoms with van der Waals surface area (Å²) in [6, 6.07) is 15.5. The van der Waals surface area contributed by atoms with E-state index >= 15 is 0 Å². The third-order valence-electron chi connectivity index (χ3n) is 4.17. The summed E-state index contributed by atoms with van der Waals surface area (Å²) in [5.41, 5.74) is 2.88. The lowest BCUT2D eigenvalue weighted by atomic mass is 10.2. The molecular weight excluding hydrogens is 372 g/mol. The number of aromatic nitrogens is 1. The highest BCUT2D eigenvalue weighted by Gasteiger charge is 2.10. The summed E-state index contributed by atoms with van der Waals surface area (Å²) in [6.45, 7) is 2.41. The summed E-state index contributed by atoms with van der Waals surface area (Å²) >= 11 is 1.60. The van der Waals surface area contributed by atoms with Crippen molar-refractivity contribution in [2.24, 2.45) is 0 Å². The zero-order chi connectivity index (χ0) is 19.9. The Morgan fingerprint density at radius 1 is 1.11 bits per heavy atom. The van der Waals surface area contributed by atoms with Crippen molar-refractivity contribution < 1.29 is 14.3 Å². The molecule has 3 aromatic rings. The summed E-state index contributed by atoms with van der Waals surface area (Å²) in [6.07, 6.45) is 3.25. The normalized spacial score (nSPS) is 10.8. The lowest BCUT2D eigenvalue weighted by Crippen LogP contribution is -2.20. The first-order chi connectivity index (χ1) is 13.6. The molecule has 3 rings (SSSR count). The van der Waals surface area contributed by atoms with Crippen molar-refractivity contribution in [3.63, 3.8) is 0 Å². The van der Waals surface area contributed by atoms with E-state index in [1.165, 1.54) is 6.08 Å². The van der Waals surface area contributed by atoms with Crippen molar-refractivity contribution >= 4 is 23.3 Å². The largest absolute Gasteiger partial charge is 0.493 e. The van der Waals surface area contributed by atoms with E-state index in [1.54, 1.807) is 31.6 Å². The average molecular weight is 394 g/mol. The smallest absolute Gasteiger partial charge is 0.244 e. The molecule has 144 valence electrons. The minimum atomic E-state index is -0.163. The maximum atomic E-state index is 12.2. The van der Waals surface area contributed by atoms with E-state index in [-0.39, 0.29) is 5.91 Å². The number of hydrogen-bond donors (Lipinski definition) is 1. The highest BCUT2D eigenvalue weighted by atomic mass is 32.1.